The number of carbonyl (C=O) groups excluding carboxylic acids is 1. The van der Waals surface area contributed by atoms with E-state index < -0.39 is 29.3 Å². The first-order valence-electron chi connectivity index (χ1n) is 15.1. The highest BCUT2D eigenvalue weighted by atomic mass is 19.2. The number of unbranched alkanes of at least 4 members (excludes halogenated alkanes) is 1. The van der Waals surface area contributed by atoms with Crippen molar-refractivity contribution in [3.63, 3.8) is 0 Å². The Morgan fingerprint density at radius 1 is 1.07 bits per heavy atom. The smallest absolute Gasteiger partial charge is 0.242 e. The SMILES string of the molecule is CCCCN(C)CCNCc1cc(F)c(F)cc1-n1cnc(NC(=O)[C@H](CCC)N[C@H]2CCc3cc(F)cc(F)c3C2)c1. The number of likely N-dealkylation sites (N-methyl/N-ethyl adjacent to an activating group) is 1. The summed E-state index contributed by atoms with van der Waals surface area (Å²) in [4.78, 5) is 19.8. The van der Waals surface area contributed by atoms with E-state index in [1.54, 1.807) is 10.8 Å². The topological polar surface area (TPSA) is 74.2 Å². The Morgan fingerprint density at radius 2 is 1.86 bits per heavy atom. The molecule has 1 heterocycles. The molecule has 2 atom stereocenters. The number of hydrogen-bond acceptors (Lipinski definition) is 5. The number of imidazole rings is 1. The van der Waals surface area contributed by atoms with Crippen LogP contribution in [0.15, 0.2) is 36.8 Å². The van der Waals surface area contributed by atoms with Crippen molar-refractivity contribution in [3.05, 3.63) is 76.7 Å². The second kappa shape index (κ2) is 15.4. The molecule has 0 fully saturated rings. The Bertz CT molecular complexity index is 1380. The number of amides is 1. The van der Waals surface area contributed by atoms with E-state index in [2.05, 4.69) is 39.8 Å². The molecule has 7 nitrogen and oxygen atoms in total. The molecule has 0 saturated heterocycles. The monoisotopic (exact) mass is 602 g/mol. The third-order valence-corrected chi connectivity index (χ3v) is 7.91. The number of aromatic nitrogens is 2. The van der Waals surface area contributed by atoms with Gasteiger partial charge in [-0.15, -0.1) is 0 Å². The summed E-state index contributed by atoms with van der Waals surface area (Å²) in [7, 11) is 2.05. The number of nitrogens with zero attached hydrogens (tertiary/aromatic N) is 3. The summed E-state index contributed by atoms with van der Waals surface area (Å²) in [6.45, 7) is 6.96. The summed E-state index contributed by atoms with van der Waals surface area (Å²) in [6.07, 6.45) is 8.09. The zero-order chi connectivity index (χ0) is 30.9. The molecule has 2 aromatic carbocycles. The van der Waals surface area contributed by atoms with Crippen LogP contribution in [-0.4, -0.2) is 59.1 Å². The number of nitrogens with one attached hydrogen (secondary N) is 3. The van der Waals surface area contributed by atoms with Crippen LogP contribution in [0.25, 0.3) is 5.69 Å². The fourth-order valence-corrected chi connectivity index (χ4v) is 5.52. The first-order chi connectivity index (χ1) is 20.7. The van der Waals surface area contributed by atoms with E-state index in [0.29, 0.717) is 61.2 Å². The lowest BCUT2D eigenvalue weighted by Crippen LogP contribution is -2.48. The Morgan fingerprint density at radius 3 is 2.63 bits per heavy atom. The molecule has 4 rings (SSSR count). The van der Waals surface area contributed by atoms with Gasteiger partial charge in [0.1, 0.15) is 18.0 Å². The van der Waals surface area contributed by atoms with E-state index in [9.17, 15) is 22.4 Å². The van der Waals surface area contributed by atoms with Crippen LogP contribution in [0.4, 0.5) is 23.4 Å². The van der Waals surface area contributed by atoms with Crippen LogP contribution >= 0.6 is 0 Å². The number of benzene rings is 2. The number of hydrogen-bond donors (Lipinski definition) is 3. The minimum absolute atomic E-state index is 0.143. The van der Waals surface area contributed by atoms with E-state index in [0.717, 1.165) is 44.5 Å². The van der Waals surface area contributed by atoms with E-state index >= 15 is 0 Å². The highest BCUT2D eigenvalue weighted by Gasteiger charge is 2.27. The van der Waals surface area contributed by atoms with Crippen molar-refractivity contribution in [2.75, 3.05) is 32.0 Å². The van der Waals surface area contributed by atoms with Gasteiger partial charge < -0.3 is 25.4 Å². The first kappa shape index (κ1) is 32.6. The van der Waals surface area contributed by atoms with Crippen molar-refractivity contribution in [2.45, 2.75) is 77.4 Å². The van der Waals surface area contributed by atoms with Crippen LogP contribution < -0.4 is 16.0 Å². The number of halogens is 4. The van der Waals surface area contributed by atoms with Crippen LogP contribution in [0, 0.1) is 23.3 Å². The van der Waals surface area contributed by atoms with Gasteiger partial charge in [-0.1, -0.05) is 26.7 Å². The third-order valence-electron chi connectivity index (χ3n) is 7.91. The normalized spacial score (nSPS) is 15.5. The van der Waals surface area contributed by atoms with Gasteiger partial charge in [0, 0.05) is 37.8 Å². The average Bonchev–Trinajstić information content (AvgIpc) is 3.43. The van der Waals surface area contributed by atoms with Crippen molar-refractivity contribution in [2.24, 2.45) is 0 Å². The molecule has 0 unspecified atom stereocenters. The van der Waals surface area contributed by atoms with Crippen LogP contribution in [0.3, 0.4) is 0 Å². The molecule has 11 heteroatoms. The highest BCUT2D eigenvalue weighted by molar-refractivity contribution is 5.94. The zero-order valence-corrected chi connectivity index (χ0v) is 25.2. The van der Waals surface area contributed by atoms with Gasteiger partial charge >= 0.3 is 0 Å². The van der Waals surface area contributed by atoms with Crippen LogP contribution in [-0.2, 0) is 24.2 Å². The molecular weight excluding hydrogens is 560 g/mol. The third kappa shape index (κ3) is 8.87. The predicted molar refractivity (Wildman–Crippen MR) is 160 cm³/mol. The van der Waals surface area contributed by atoms with Crippen molar-refractivity contribution in [3.8, 4) is 5.69 Å². The van der Waals surface area contributed by atoms with E-state index in [1.807, 2.05) is 6.92 Å². The maximum absolute atomic E-state index is 14.4. The molecule has 3 aromatic rings. The summed E-state index contributed by atoms with van der Waals surface area (Å²) in [5.41, 5.74) is 2.13. The quantitative estimate of drug-likeness (QED) is 0.158. The Balaban J connectivity index is 1.40. The van der Waals surface area contributed by atoms with Crippen LogP contribution in [0.2, 0.25) is 0 Å². The van der Waals surface area contributed by atoms with Crippen LogP contribution in [0.5, 0.6) is 0 Å². The molecule has 1 aliphatic carbocycles. The van der Waals surface area contributed by atoms with Gasteiger partial charge in [-0.05, 0) is 74.5 Å². The summed E-state index contributed by atoms with van der Waals surface area (Å²) < 4.78 is 58.0. The summed E-state index contributed by atoms with van der Waals surface area (Å²) in [5, 5.41) is 9.48. The lowest BCUT2D eigenvalue weighted by Gasteiger charge is -2.29. The first-order valence-corrected chi connectivity index (χ1v) is 15.1. The van der Waals surface area contributed by atoms with E-state index in [-0.39, 0.29) is 17.8 Å². The molecule has 1 aliphatic rings. The van der Waals surface area contributed by atoms with E-state index in [4.69, 9.17) is 0 Å². The molecule has 0 aliphatic heterocycles. The number of fused-ring (bicyclic) bond motifs is 1. The largest absolute Gasteiger partial charge is 0.311 e. The van der Waals surface area contributed by atoms with Gasteiger partial charge in [0.25, 0.3) is 0 Å². The van der Waals surface area contributed by atoms with Gasteiger partial charge in [-0.3, -0.25) is 4.79 Å². The fraction of sp³-hybridized carbons (Fsp3) is 0.500. The fourth-order valence-electron chi connectivity index (χ4n) is 5.52. The minimum atomic E-state index is -0.974. The maximum atomic E-state index is 14.4. The van der Waals surface area contributed by atoms with Crippen molar-refractivity contribution in [1.29, 1.82) is 0 Å². The van der Waals surface area contributed by atoms with Crippen molar-refractivity contribution in [1.82, 2.24) is 25.1 Å². The molecule has 1 amide bonds. The molecule has 0 spiro atoms. The number of carbonyl (C=O) groups is 1. The van der Waals surface area contributed by atoms with Gasteiger partial charge in [0.2, 0.25) is 5.91 Å². The molecule has 0 bridgehead atoms. The summed E-state index contributed by atoms with van der Waals surface area (Å²) in [6, 6.07) is 3.88. The summed E-state index contributed by atoms with van der Waals surface area (Å²) in [5.74, 6) is -3.07. The standard InChI is InChI=1S/C32H42F4N6O/c1-4-6-11-41(3)12-10-37-18-22-14-27(35)28(36)17-30(22)42-19-31(38-20-42)40-32(43)29(7-5-2)39-24-9-8-21-13-23(33)15-26(34)25(21)16-24/h13-15,17,19-20,24,29,37,39H,4-12,16,18H2,1-3H3,(H,40,43)/t24-,29-/m0/s1. The minimum Gasteiger partial charge on any atom is -0.311 e. The van der Waals surface area contributed by atoms with Crippen LogP contribution in [0.1, 0.15) is 62.6 Å². The van der Waals surface area contributed by atoms with Gasteiger partial charge in [0.05, 0.1) is 17.9 Å². The molecular formula is C32H42F4N6O. The molecule has 3 N–H and O–H groups in total. The number of rotatable bonds is 15. The van der Waals surface area contributed by atoms with Gasteiger partial charge in [-0.25, -0.2) is 22.5 Å². The average molecular weight is 603 g/mol. The van der Waals surface area contributed by atoms with E-state index in [1.165, 1.54) is 18.5 Å². The molecule has 1 aromatic heterocycles. The van der Waals surface area contributed by atoms with Crippen molar-refractivity contribution >= 4 is 11.7 Å². The maximum Gasteiger partial charge on any atom is 0.242 e. The zero-order valence-electron chi connectivity index (χ0n) is 25.2. The summed E-state index contributed by atoms with van der Waals surface area (Å²) >= 11 is 0. The molecule has 43 heavy (non-hydrogen) atoms. The Kier molecular flexibility index (Phi) is 11.7. The molecule has 0 saturated carbocycles. The second-order valence-corrected chi connectivity index (χ2v) is 11.4. The number of aryl methyl sites for hydroxylation is 1. The molecule has 0 radical (unpaired) electrons. The lowest BCUT2D eigenvalue weighted by molar-refractivity contribution is -0.118. The Hall–Kier alpha value is -3.28. The molecule has 234 valence electrons. The Labute approximate surface area is 251 Å². The predicted octanol–water partition coefficient (Wildman–Crippen LogP) is 5.50. The van der Waals surface area contributed by atoms with Gasteiger partial charge in [0.15, 0.2) is 17.5 Å². The van der Waals surface area contributed by atoms with Gasteiger partial charge in [-0.2, -0.15) is 0 Å². The highest BCUT2D eigenvalue weighted by Crippen LogP contribution is 2.26. The van der Waals surface area contributed by atoms with Crippen molar-refractivity contribution < 1.29 is 22.4 Å². The second-order valence-electron chi connectivity index (χ2n) is 11.4. The number of anilines is 1. The lowest BCUT2D eigenvalue weighted by atomic mass is 9.87.